The number of rotatable bonds is 4. The number of aromatic nitrogens is 1. The Kier molecular flexibility index (Phi) is 3.73. The fourth-order valence-corrected chi connectivity index (χ4v) is 2.22. The lowest BCUT2D eigenvalue weighted by atomic mass is 10.1. The van der Waals surface area contributed by atoms with Crippen LogP contribution in [0.4, 0.5) is 0 Å². The Hall–Kier alpha value is -1.32. The van der Waals surface area contributed by atoms with E-state index in [1.54, 1.807) is 0 Å². The van der Waals surface area contributed by atoms with E-state index < -0.39 is 0 Å². The van der Waals surface area contributed by atoms with E-state index in [-0.39, 0.29) is 5.78 Å². The van der Waals surface area contributed by atoms with E-state index in [4.69, 9.17) is 11.6 Å². The quantitative estimate of drug-likeness (QED) is 0.832. The lowest BCUT2D eigenvalue weighted by Crippen LogP contribution is -2.29. The Balaban J connectivity index is 2.40. The number of hydrogen-bond acceptors (Lipinski definition) is 2. The number of fused-ring (bicyclic) bond motifs is 1. The molecule has 0 bridgehead atoms. The highest BCUT2D eigenvalue weighted by Crippen LogP contribution is 2.25. The van der Waals surface area contributed by atoms with Gasteiger partial charge >= 0.3 is 0 Å². The number of halogens is 1. The summed E-state index contributed by atoms with van der Waals surface area (Å²) in [6.07, 6.45) is 0. The molecule has 0 atom stereocenters. The first kappa shape index (κ1) is 13.1. The average molecular weight is 265 g/mol. The van der Waals surface area contributed by atoms with Crippen LogP contribution in [0.25, 0.3) is 10.9 Å². The third-order valence-corrected chi connectivity index (χ3v) is 3.13. The van der Waals surface area contributed by atoms with Crippen molar-refractivity contribution >= 4 is 28.3 Å². The molecule has 4 heteroatoms. The molecule has 0 unspecified atom stereocenters. The monoisotopic (exact) mass is 264 g/mol. The zero-order valence-electron chi connectivity index (χ0n) is 10.8. The first-order chi connectivity index (χ1) is 8.49. The van der Waals surface area contributed by atoms with Crippen LogP contribution in [0.1, 0.15) is 29.9 Å². The second kappa shape index (κ2) is 5.12. The molecule has 2 aromatic rings. The van der Waals surface area contributed by atoms with Gasteiger partial charge < -0.3 is 10.3 Å². The molecule has 18 heavy (non-hydrogen) atoms. The normalized spacial score (nSPS) is 11.4. The number of Topliss-reactive ketones (excluding diaryl/α,β-unsaturated/α-hetero) is 1. The van der Waals surface area contributed by atoms with Crippen LogP contribution in [0.15, 0.2) is 18.2 Å². The minimum absolute atomic E-state index is 0.0923. The second-order valence-electron chi connectivity index (χ2n) is 4.77. The van der Waals surface area contributed by atoms with Gasteiger partial charge in [0, 0.05) is 33.2 Å². The van der Waals surface area contributed by atoms with Crippen molar-refractivity contribution in [2.24, 2.45) is 0 Å². The molecule has 0 aliphatic carbocycles. The summed E-state index contributed by atoms with van der Waals surface area (Å²) in [5.74, 6) is 0.0923. The van der Waals surface area contributed by atoms with E-state index in [9.17, 15) is 4.79 Å². The number of carbonyl (C=O) groups excluding carboxylic acids is 1. The molecule has 0 saturated carbocycles. The largest absolute Gasteiger partial charge is 0.358 e. The fraction of sp³-hybridized carbons (Fsp3) is 0.357. The van der Waals surface area contributed by atoms with Crippen LogP contribution in [-0.4, -0.2) is 23.4 Å². The molecule has 0 saturated heterocycles. The van der Waals surface area contributed by atoms with Crippen molar-refractivity contribution in [3.8, 4) is 0 Å². The Morgan fingerprint density at radius 3 is 2.83 bits per heavy atom. The van der Waals surface area contributed by atoms with Crippen LogP contribution in [0, 0.1) is 6.92 Å². The van der Waals surface area contributed by atoms with Gasteiger partial charge in [0.2, 0.25) is 0 Å². The summed E-state index contributed by atoms with van der Waals surface area (Å²) in [6, 6.07) is 5.85. The molecule has 2 N–H and O–H groups in total. The van der Waals surface area contributed by atoms with E-state index in [0.717, 1.165) is 22.2 Å². The topological polar surface area (TPSA) is 44.9 Å². The molecule has 0 aliphatic rings. The van der Waals surface area contributed by atoms with E-state index in [0.29, 0.717) is 17.6 Å². The summed E-state index contributed by atoms with van der Waals surface area (Å²) in [6.45, 7) is 6.30. The predicted octanol–water partition coefficient (Wildman–Crippen LogP) is 3.31. The lowest BCUT2D eigenvalue weighted by Gasteiger charge is -2.07. The highest BCUT2D eigenvalue weighted by atomic mass is 35.5. The zero-order chi connectivity index (χ0) is 13.3. The third kappa shape index (κ3) is 2.57. The predicted molar refractivity (Wildman–Crippen MR) is 75.5 cm³/mol. The van der Waals surface area contributed by atoms with Crippen molar-refractivity contribution in [2.75, 3.05) is 6.54 Å². The lowest BCUT2D eigenvalue weighted by molar-refractivity contribution is 0.0989. The van der Waals surface area contributed by atoms with Crippen LogP contribution in [0.3, 0.4) is 0 Å². The second-order valence-corrected chi connectivity index (χ2v) is 5.21. The van der Waals surface area contributed by atoms with Crippen molar-refractivity contribution in [3.63, 3.8) is 0 Å². The maximum Gasteiger partial charge on any atom is 0.179 e. The van der Waals surface area contributed by atoms with Crippen molar-refractivity contribution in [2.45, 2.75) is 26.8 Å². The highest BCUT2D eigenvalue weighted by Gasteiger charge is 2.16. The SMILES string of the molecule is Cc1[nH]c2ccc(Cl)cc2c1C(=O)CNC(C)C. The minimum atomic E-state index is 0.0923. The zero-order valence-corrected chi connectivity index (χ0v) is 11.6. The van der Waals surface area contributed by atoms with Gasteiger partial charge in [-0.05, 0) is 25.1 Å². The number of nitrogens with one attached hydrogen (secondary N) is 2. The molecule has 3 nitrogen and oxygen atoms in total. The summed E-state index contributed by atoms with van der Waals surface area (Å²) >= 11 is 5.99. The molecule has 0 aliphatic heterocycles. The molecule has 1 aromatic carbocycles. The molecule has 0 radical (unpaired) electrons. The molecule has 0 spiro atoms. The van der Waals surface area contributed by atoms with Crippen molar-refractivity contribution in [3.05, 3.63) is 34.5 Å². The Morgan fingerprint density at radius 2 is 2.17 bits per heavy atom. The molecule has 1 aromatic heterocycles. The van der Waals surface area contributed by atoms with E-state index in [2.05, 4.69) is 10.3 Å². The van der Waals surface area contributed by atoms with Crippen molar-refractivity contribution in [1.82, 2.24) is 10.3 Å². The maximum absolute atomic E-state index is 12.2. The van der Waals surface area contributed by atoms with Gasteiger partial charge in [0.15, 0.2) is 5.78 Å². The number of hydrogen-bond donors (Lipinski definition) is 2. The van der Waals surface area contributed by atoms with Gasteiger partial charge in [-0.1, -0.05) is 25.4 Å². The van der Waals surface area contributed by atoms with Crippen molar-refractivity contribution < 1.29 is 4.79 Å². The van der Waals surface area contributed by atoms with Gasteiger partial charge in [0.1, 0.15) is 0 Å². The minimum Gasteiger partial charge on any atom is -0.358 e. The molecular weight excluding hydrogens is 248 g/mol. The molecule has 96 valence electrons. The Labute approximate surface area is 112 Å². The molecule has 0 amide bonds. The first-order valence-corrected chi connectivity index (χ1v) is 6.41. The smallest absolute Gasteiger partial charge is 0.179 e. The number of aromatic amines is 1. The molecular formula is C14H17ClN2O. The van der Waals surface area contributed by atoms with Gasteiger partial charge in [0.05, 0.1) is 6.54 Å². The standard InChI is InChI=1S/C14H17ClN2O/c1-8(2)16-7-13(18)14-9(3)17-12-5-4-10(15)6-11(12)14/h4-6,8,16-17H,7H2,1-3H3. The summed E-state index contributed by atoms with van der Waals surface area (Å²) in [4.78, 5) is 15.4. The maximum atomic E-state index is 12.2. The van der Waals surface area contributed by atoms with Gasteiger partial charge in [0.25, 0.3) is 0 Å². The van der Waals surface area contributed by atoms with E-state index in [1.807, 2.05) is 39.0 Å². The van der Waals surface area contributed by atoms with Crippen LogP contribution >= 0.6 is 11.6 Å². The van der Waals surface area contributed by atoms with Crippen LogP contribution in [-0.2, 0) is 0 Å². The van der Waals surface area contributed by atoms with Crippen LogP contribution in [0.2, 0.25) is 5.02 Å². The third-order valence-electron chi connectivity index (χ3n) is 2.90. The summed E-state index contributed by atoms with van der Waals surface area (Å²) in [7, 11) is 0. The van der Waals surface area contributed by atoms with Crippen LogP contribution < -0.4 is 5.32 Å². The van der Waals surface area contributed by atoms with Gasteiger partial charge in [-0.25, -0.2) is 0 Å². The summed E-state index contributed by atoms with van der Waals surface area (Å²) in [5.41, 5.74) is 2.58. The molecule has 1 heterocycles. The number of carbonyl (C=O) groups is 1. The van der Waals surface area contributed by atoms with Gasteiger partial charge in [-0.15, -0.1) is 0 Å². The first-order valence-electron chi connectivity index (χ1n) is 6.03. The number of ketones is 1. The Morgan fingerprint density at radius 1 is 1.44 bits per heavy atom. The Bertz CT molecular complexity index is 587. The number of H-pyrrole nitrogens is 1. The van der Waals surface area contributed by atoms with Crippen LogP contribution in [0.5, 0.6) is 0 Å². The van der Waals surface area contributed by atoms with E-state index in [1.165, 1.54) is 0 Å². The number of aryl methyl sites for hydroxylation is 1. The van der Waals surface area contributed by atoms with Crippen molar-refractivity contribution in [1.29, 1.82) is 0 Å². The summed E-state index contributed by atoms with van der Waals surface area (Å²) < 4.78 is 0. The molecule has 2 rings (SSSR count). The summed E-state index contributed by atoms with van der Waals surface area (Å²) in [5, 5.41) is 4.69. The molecule has 0 fully saturated rings. The van der Waals surface area contributed by atoms with Gasteiger partial charge in [-0.3, -0.25) is 4.79 Å². The fourth-order valence-electron chi connectivity index (χ4n) is 2.04. The van der Waals surface area contributed by atoms with E-state index >= 15 is 0 Å². The highest BCUT2D eigenvalue weighted by molar-refractivity contribution is 6.31. The average Bonchev–Trinajstić information content (AvgIpc) is 2.61. The number of benzene rings is 1. The van der Waals surface area contributed by atoms with Gasteiger partial charge in [-0.2, -0.15) is 0 Å².